The molecule has 1 rings (SSSR count). The van der Waals surface area contributed by atoms with Crippen LogP contribution in [0.25, 0.3) is 0 Å². The molecule has 1 atom stereocenters. The van der Waals surface area contributed by atoms with E-state index in [0.717, 1.165) is 38.3 Å². The zero-order chi connectivity index (χ0) is 11.1. The molecule has 0 radical (unpaired) electrons. The molecular formula is C11H21N3O. The summed E-state index contributed by atoms with van der Waals surface area (Å²) < 4.78 is 7.28. The quantitative estimate of drug-likeness (QED) is 0.687. The van der Waals surface area contributed by atoms with Gasteiger partial charge in [0.15, 0.2) is 0 Å². The zero-order valence-corrected chi connectivity index (χ0v) is 9.65. The van der Waals surface area contributed by atoms with E-state index >= 15 is 0 Å². The Kier molecular flexibility index (Phi) is 5.36. The number of hydrogen-bond acceptors (Lipinski definition) is 3. The molecule has 2 N–H and O–H groups in total. The first-order valence-corrected chi connectivity index (χ1v) is 5.53. The van der Waals surface area contributed by atoms with Crippen molar-refractivity contribution < 1.29 is 4.74 Å². The molecule has 0 spiro atoms. The Balaban J connectivity index is 2.18. The summed E-state index contributed by atoms with van der Waals surface area (Å²) in [6.45, 7) is 3.60. The van der Waals surface area contributed by atoms with Gasteiger partial charge in [0.25, 0.3) is 0 Å². The molecule has 4 heteroatoms. The Labute approximate surface area is 91.4 Å². The third-order valence-corrected chi connectivity index (χ3v) is 2.43. The number of rotatable bonds is 7. The number of ether oxygens (including phenoxy) is 1. The van der Waals surface area contributed by atoms with Crippen LogP contribution in [0.15, 0.2) is 12.4 Å². The Morgan fingerprint density at radius 1 is 1.60 bits per heavy atom. The van der Waals surface area contributed by atoms with Gasteiger partial charge in [-0.25, -0.2) is 4.98 Å². The lowest BCUT2D eigenvalue weighted by Gasteiger charge is -2.11. The van der Waals surface area contributed by atoms with Crippen molar-refractivity contribution in [3.05, 3.63) is 18.2 Å². The van der Waals surface area contributed by atoms with Gasteiger partial charge >= 0.3 is 0 Å². The first kappa shape index (κ1) is 12.2. The summed E-state index contributed by atoms with van der Waals surface area (Å²) in [7, 11) is 2.00. The summed E-state index contributed by atoms with van der Waals surface area (Å²) in [5.74, 6) is 1.05. The molecule has 0 aliphatic rings. The minimum atomic E-state index is 0.187. The molecule has 0 bridgehead atoms. The van der Waals surface area contributed by atoms with Crippen LogP contribution in [0.5, 0.6) is 0 Å². The largest absolute Gasteiger partial charge is 0.382 e. The molecule has 0 saturated heterocycles. The monoisotopic (exact) mass is 211 g/mol. The van der Waals surface area contributed by atoms with Gasteiger partial charge in [-0.1, -0.05) is 0 Å². The lowest BCUT2D eigenvalue weighted by atomic mass is 10.1. The standard InChI is InChI=1S/C11H21N3O/c1-3-15-8-4-5-10(12)9-11-13-6-7-14(11)2/h6-7,10H,3-5,8-9,12H2,1-2H3. The van der Waals surface area contributed by atoms with Crippen molar-refractivity contribution in [3.8, 4) is 0 Å². The van der Waals surface area contributed by atoms with Crippen LogP contribution in [0.1, 0.15) is 25.6 Å². The average molecular weight is 211 g/mol. The molecule has 0 saturated carbocycles. The van der Waals surface area contributed by atoms with Crippen LogP contribution in [0.2, 0.25) is 0 Å². The summed E-state index contributed by atoms with van der Waals surface area (Å²) in [5.41, 5.74) is 6.01. The second-order valence-corrected chi connectivity index (χ2v) is 3.76. The van der Waals surface area contributed by atoms with Crippen molar-refractivity contribution >= 4 is 0 Å². The van der Waals surface area contributed by atoms with Gasteiger partial charge in [0.1, 0.15) is 5.82 Å². The predicted octanol–water partition coefficient (Wildman–Crippen LogP) is 1.11. The van der Waals surface area contributed by atoms with Gasteiger partial charge in [0.2, 0.25) is 0 Å². The third-order valence-electron chi connectivity index (χ3n) is 2.43. The van der Waals surface area contributed by atoms with E-state index in [2.05, 4.69) is 4.98 Å². The number of imidazole rings is 1. The highest BCUT2D eigenvalue weighted by molar-refractivity contribution is 4.93. The SMILES string of the molecule is CCOCCCC(N)Cc1nccn1C. The molecule has 15 heavy (non-hydrogen) atoms. The zero-order valence-electron chi connectivity index (χ0n) is 9.65. The smallest absolute Gasteiger partial charge is 0.109 e. The number of hydrogen-bond donors (Lipinski definition) is 1. The van der Waals surface area contributed by atoms with E-state index in [1.807, 2.05) is 30.9 Å². The topological polar surface area (TPSA) is 53.1 Å². The van der Waals surface area contributed by atoms with Crippen LogP contribution < -0.4 is 5.73 Å². The number of nitrogens with zero attached hydrogens (tertiary/aromatic N) is 2. The molecule has 86 valence electrons. The lowest BCUT2D eigenvalue weighted by molar-refractivity contribution is 0.142. The van der Waals surface area contributed by atoms with Gasteiger partial charge in [-0.15, -0.1) is 0 Å². The fourth-order valence-electron chi connectivity index (χ4n) is 1.52. The van der Waals surface area contributed by atoms with Crippen LogP contribution in [0.4, 0.5) is 0 Å². The fourth-order valence-corrected chi connectivity index (χ4v) is 1.52. The lowest BCUT2D eigenvalue weighted by Crippen LogP contribution is -2.24. The molecule has 0 fully saturated rings. The van der Waals surface area contributed by atoms with Gasteiger partial charge in [-0.3, -0.25) is 0 Å². The summed E-state index contributed by atoms with van der Waals surface area (Å²) in [5, 5.41) is 0. The Morgan fingerprint density at radius 2 is 2.40 bits per heavy atom. The molecule has 0 aliphatic heterocycles. The molecule has 0 aliphatic carbocycles. The van der Waals surface area contributed by atoms with Crippen LogP contribution in [0, 0.1) is 0 Å². The number of nitrogens with two attached hydrogens (primary N) is 1. The average Bonchev–Trinajstić information content (AvgIpc) is 2.59. The molecule has 4 nitrogen and oxygen atoms in total. The summed E-state index contributed by atoms with van der Waals surface area (Å²) in [4.78, 5) is 4.25. The third kappa shape index (κ3) is 4.44. The maximum absolute atomic E-state index is 6.01. The molecular weight excluding hydrogens is 190 g/mol. The highest BCUT2D eigenvalue weighted by Crippen LogP contribution is 2.03. The van der Waals surface area contributed by atoms with E-state index in [1.165, 1.54) is 0 Å². The first-order chi connectivity index (χ1) is 7.24. The normalized spacial score (nSPS) is 13.0. The predicted molar refractivity (Wildman–Crippen MR) is 60.6 cm³/mol. The maximum atomic E-state index is 6.01. The molecule has 1 unspecified atom stereocenters. The van der Waals surface area contributed by atoms with Crippen LogP contribution in [0.3, 0.4) is 0 Å². The van der Waals surface area contributed by atoms with E-state index in [1.54, 1.807) is 0 Å². The summed E-state index contributed by atoms with van der Waals surface area (Å²) in [6, 6.07) is 0.187. The second-order valence-electron chi connectivity index (χ2n) is 3.76. The summed E-state index contributed by atoms with van der Waals surface area (Å²) in [6.07, 6.45) is 6.62. The first-order valence-electron chi connectivity index (χ1n) is 5.53. The van der Waals surface area contributed by atoms with Crippen LogP contribution in [-0.2, 0) is 18.2 Å². The highest BCUT2D eigenvalue weighted by Gasteiger charge is 2.07. The molecule has 1 aromatic heterocycles. The van der Waals surface area contributed by atoms with Crippen LogP contribution in [-0.4, -0.2) is 28.8 Å². The van der Waals surface area contributed by atoms with Crippen molar-refractivity contribution in [2.45, 2.75) is 32.2 Å². The van der Waals surface area contributed by atoms with E-state index < -0.39 is 0 Å². The van der Waals surface area contributed by atoms with Crippen molar-refractivity contribution in [3.63, 3.8) is 0 Å². The maximum Gasteiger partial charge on any atom is 0.109 e. The van der Waals surface area contributed by atoms with E-state index in [4.69, 9.17) is 10.5 Å². The number of aryl methyl sites for hydroxylation is 1. The van der Waals surface area contributed by atoms with Gasteiger partial charge in [-0.05, 0) is 19.8 Å². The van der Waals surface area contributed by atoms with Crippen molar-refractivity contribution in [2.24, 2.45) is 12.8 Å². The van der Waals surface area contributed by atoms with Crippen molar-refractivity contribution in [1.29, 1.82) is 0 Å². The Bertz CT molecular complexity index is 273. The Morgan fingerprint density at radius 3 is 3.00 bits per heavy atom. The van der Waals surface area contributed by atoms with Crippen LogP contribution >= 0.6 is 0 Å². The van der Waals surface area contributed by atoms with Gasteiger partial charge < -0.3 is 15.0 Å². The molecule has 0 amide bonds. The van der Waals surface area contributed by atoms with E-state index in [9.17, 15) is 0 Å². The summed E-state index contributed by atoms with van der Waals surface area (Å²) >= 11 is 0. The van der Waals surface area contributed by atoms with Gasteiger partial charge in [-0.2, -0.15) is 0 Å². The number of aromatic nitrogens is 2. The molecule has 0 aromatic carbocycles. The minimum absolute atomic E-state index is 0.187. The highest BCUT2D eigenvalue weighted by atomic mass is 16.5. The fraction of sp³-hybridized carbons (Fsp3) is 0.727. The van der Waals surface area contributed by atoms with Crippen molar-refractivity contribution in [1.82, 2.24) is 9.55 Å². The van der Waals surface area contributed by atoms with Gasteiger partial charge in [0.05, 0.1) is 0 Å². The van der Waals surface area contributed by atoms with E-state index in [0.29, 0.717) is 0 Å². The van der Waals surface area contributed by atoms with E-state index in [-0.39, 0.29) is 6.04 Å². The molecule has 1 heterocycles. The Hall–Kier alpha value is -0.870. The van der Waals surface area contributed by atoms with Crippen molar-refractivity contribution in [2.75, 3.05) is 13.2 Å². The van der Waals surface area contributed by atoms with Gasteiger partial charge in [0, 0.05) is 45.1 Å². The second kappa shape index (κ2) is 6.58. The minimum Gasteiger partial charge on any atom is -0.382 e. The molecule has 1 aromatic rings.